The van der Waals surface area contributed by atoms with E-state index in [1.807, 2.05) is 56.3 Å². The van der Waals surface area contributed by atoms with Crippen molar-refractivity contribution in [3.63, 3.8) is 0 Å². The normalized spacial score (nSPS) is 12.3. The first-order valence-corrected chi connectivity index (χ1v) is 6.82. The molecule has 104 valence electrons. The van der Waals surface area contributed by atoms with E-state index in [9.17, 15) is 9.90 Å². The van der Waals surface area contributed by atoms with Crippen LogP contribution in [0.2, 0.25) is 0 Å². The molecule has 2 aromatic rings. The van der Waals surface area contributed by atoms with E-state index in [1.165, 1.54) is 0 Å². The lowest BCUT2D eigenvalue weighted by Crippen LogP contribution is -2.14. The van der Waals surface area contributed by atoms with E-state index in [0.717, 1.165) is 16.8 Å². The highest BCUT2D eigenvalue weighted by Gasteiger charge is 2.21. The van der Waals surface area contributed by atoms with Crippen LogP contribution < -0.4 is 0 Å². The molecule has 3 heteroatoms. The number of carboxylic acids is 1. The van der Waals surface area contributed by atoms with Gasteiger partial charge in [-0.1, -0.05) is 38.1 Å². The second-order valence-electron chi connectivity index (χ2n) is 5.36. The number of rotatable bonds is 5. The molecule has 1 atom stereocenters. The average Bonchev–Trinajstić information content (AvgIpc) is 2.45. The fourth-order valence-corrected chi connectivity index (χ4v) is 2.30. The smallest absolute Gasteiger partial charge is 0.310 e. The summed E-state index contributed by atoms with van der Waals surface area (Å²) in [7, 11) is 0. The van der Waals surface area contributed by atoms with E-state index in [4.69, 9.17) is 0 Å². The standard InChI is InChI=1S/C17H19NO2/c1-12(2)10-15(17(19)20)13-6-5-7-14(11-13)16-8-3-4-9-18-16/h3-9,11-12,15H,10H2,1-2H3,(H,19,20). The molecule has 0 saturated carbocycles. The van der Waals surface area contributed by atoms with Crippen LogP contribution in [0.25, 0.3) is 11.3 Å². The molecule has 0 radical (unpaired) electrons. The molecule has 1 unspecified atom stereocenters. The SMILES string of the molecule is CC(C)CC(C(=O)O)c1cccc(-c2ccccn2)c1. The first-order chi connectivity index (χ1) is 9.58. The molecule has 0 fully saturated rings. The Hall–Kier alpha value is -2.16. The monoisotopic (exact) mass is 269 g/mol. The molecule has 0 bridgehead atoms. The first-order valence-electron chi connectivity index (χ1n) is 6.82. The van der Waals surface area contributed by atoms with E-state index in [-0.39, 0.29) is 0 Å². The number of carbonyl (C=O) groups is 1. The quantitative estimate of drug-likeness (QED) is 0.893. The van der Waals surface area contributed by atoms with Crippen LogP contribution in [0.3, 0.4) is 0 Å². The third kappa shape index (κ3) is 3.44. The predicted octanol–water partition coefficient (Wildman–Crippen LogP) is 3.96. The Bertz CT molecular complexity index is 579. The molecule has 20 heavy (non-hydrogen) atoms. The first kappa shape index (κ1) is 14.3. The van der Waals surface area contributed by atoms with Crippen molar-refractivity contribution in [2.45, 2.75) is 26.2 Å². The van der Waals surface area contributed by atoms with Crippen molar-refractivity contribution in [2.75, 3.05) is 0 Å². The van der Waals surface area contributed by atoms with Gasteiger partial charge in [0.25, 0.3) is 0 Å². The summed E-state index contributed by atoms with van der Waals surface area (Å²) in [6.07, 6.45) is 2.38. The van der Waals surface area contributed by atoms with Gasteiger partial charge < -0.3 is 5.11 Å². The topological polar surface area (TPSA) is 50.2 Å². The Kier molecular flexibility index (Phi) is 4.51. The number of aliphatic carboxylic acids is 1. The maximum atomic E-state index is 11.5. The van der Waals surface area contributed by atoms with Crippen LogP contribution in [0.4, 0.5) is 0 Å². The van der Waals surface area contributed by atoms with Crippen LogP contribution in [0.5, 0.6) is 0 Å². The zero-order chi connectivity index (χ0) is 14.5. The van der Waals surface area contributed by atoms with Gasteiger partial charge in [-0.05, 0) is 36.1 Å². The van der Waals surface area contributed by atoms with Crippen molar-refractivity contribution in [2.24, 2.45) is 5.92 Å². The van der Waals surface area contributed by atoms with Gasteiger partial charge in [-0.3, -0.25) is 9.78 Å². The number of benzene rings is 1. The molecule has 1 aromatic heterocycles. The fourth-order valence-electron chi connectivity index (χ4n) is 2.30. The number of aromatic nitrogens is 1. The van der Waals surface area contributed by atoms with Crippen molar-refractivity contribution in [1.29, 1.82) is 0 Å². The van der Waals surface area contributed by atoms with Gasteiger partial charge in [0.15, 0.2) is 0 Å². The van der Waals surface area contributed by atoms with Crippen molar-refractivity contribution in [3.05, 3.63) is 54.2 Å². The molecule has 0 aliphatic carbocycles. The highest BCUT2D eigenvalue weighted by Crippen LogP contribution is 2.27. The highest BCUT2D eigenvalue weighted by atomic mass is 16.4. The average molecular weight is 269 g/mol. The summed E-state index contributed by atoms with van der Waals surface area (Å²) >= 11 is 0. The molecular formula is C17H19NO2. The second kappa shape index (κ2) is 6.33. The zero-order valence-electron chi connectivity index (χ0n) is 11.8. The lowest BCUT2D eigenvalue weighted by Gasteiger charge is -2.16. The lowest BCUT2D eigenvalue weighted by atomic mass is 9.89. The molecule has 1 heterocycles. The molecule has 2 rings (SSSR count). The van der Waals surface area contributed by atoms with Crippen LogP contribution in [0, 0.1) is 5.92 Å². The van der Waals surface area contributed by atoms with Gasteiger partial charge in [-0.25, -0.2) is 0 Å². The minimum absolute atomic E-state index is 0.342. The Morgan fingerprint density at radius 2 is 2.00 bits per heavy atom. The van der Waals surface area contributed by atoms with E-state index in [0.29, 0.717) is 12.3 Å². The molecule has 0 aliphatic heterocycles. The van der Waals surface area contributed by atoms with Gasteiger partial charge in [0.2, 0.25) is 0 Å². The predicted molar refractivity (Wildman–Crippen MR) is 79.5 cm³/mol. The van der Waals surface area contributed by atoms with E-state index in [2.05, 4.69) is 4.98 Å². The number of nitrogens with zero attached hydrogens (tertiary/aromatic N) is 1. The molecule has 0 saturated heterocycles. The summed E-state index contributed by atoms with van der Waals surface area (Å²) in [5.41, 5.74) is 2.66. The van der Waals surface area contributed by atoms with Gasteiger partial charge in [0, 0.05) is 11.8 Å². The van der Waals surface area contributed by atoms with Crippen LogP contribution in [-0.4, -0.2) is 16.1 Å². The summed E-state index contributed by atoms with van der Waals surface area (Å²) in [6, 6.07) is 13.4. The molecule has 0 amide bonds. The fraction of sp³-hybridized carbons (Fsp3) is 0.294. The van der Waals surface area contributed by atoms with Crippen molar-refractivity contribution < 1.29 is 9.90 Å². The van der Waals surface area contributed by atoms with Gasteiger partial charge in [-0.2, -0.15) is 0 Å². The third-order valence-corrected chi connectivity index (χ3v) is 3.25. The van der Waals surface area contributed by atoms with Gasteiger partial charge in [0.1, 0.15) is 0 Å². The summed E-state index contributed by atoms with van der Waals surface area (Å²) in [5.74, 6) is -0.884. The molecular weight excluding hydrogens is 250 g/mol. The summed E-state index contributed by atoms with van der Waals surface area (Å²) in [5, 5.41) is 9.42. The number of hydrogen-bond acceptors (Lipinski definition) is 2. The Morgan fingerprint density at radius 3 is 2.60 bits per heavy atom. The Balaban J connectivity index is 2.35. The van der Waals surface area contributed by atoms with Crippen LogP contribution in [-0.2, 0) is 4.79 Å². The third-order valence-electron chi connectivity index (χ3n) is 3.25. The molecule has 0 aliphatic rings. The van der Waals surface area contributed by atoms with Gasteiger partial charge in [-0.15, -0.1) is 0 Å². The summed E-state index contributed by atoms with van der Waals surface area (Å²) in [4.78, 5) is 15.8. The Labute approximate surface area is 119 Å². The van der Waals surface area contributed by atoms with Gasteiger partial charge in [0.05, 0.1) is 11.6 Å². The molecule has 1 N–H and O–H groups in total. The summed E-state index contributed by atoms with van der Waals surface area (Å²) < 4.78 is 0. The lowest BCUT2D eigenvalue weighted by molar-refractivity contribution is -0.139. The van der Waals surface area contributed by atoms with Crippen molar-refractivity contribution in [1.82, 2.24) is 4.98 Å². The second-order valence-corrected chi connectivity index (χ2v) is 5.36. The number of pyridine rings is 1. The zero-order valence-corrected chi connectivity index (χ0v) is 11.8. The maximum absolute atomic E-state index is 11.5. The van der Waals surface area contributed by atoms with E-state index < -0.39 is 11.9 Å². The number of hydrogen-bond donors (Lipinski definition) is 1. The number of carboxylic acid groups (broad SMARTS) is 1. The molecule has 1 aromatic carbocycles. The highest BCUT2D eigenvalue weighted by molar-refractivity contribution is 5.77. The minimum Gasteiger partial charge on any atom is -0.481 e. The molecule has 0 spiro atoms. The minimum atomic E-state index is -0.767. The van der Waals surface area contributed by atoms with Crippen molar-refractivity contribution >= 4 is 5.97 Å². The van der Waals surface area contributed by atoms with E-state index >= 15 is 0 Å². The van der Waals surface area contributed by atoms with Crippen molar-refractivity contribution in [3.8, 4) is 11.3 Å². The van der Waals surface area contributed by atoms with Crippen LogP contribution >= 0.6 is 0 Å². The largest absolute Gasteiger partial charge is 0.481 e. The van der Waals surface area contributed by atoms with E-state index in [1.54, 1.807) is 6.20 Å². The maximum Gasteiger partial charge on any atom is 0.310 e. The molecule has 3 nitrogen and oxygen atoms in total. The van der Waals surface area contributed by atoms with Crippen LogP contribution in [0.15, 0.2) is 48.7 Å². The van der Waals surface area contributed by atoms with Crippen LogP contribution in [0.1, 0.15) is 31.7 Å². The van der Waals surface area contributed by atoms with Gasteiger partial charge >= 0.3 is 5.97 Å². The summed E-state index contributed by atoms with van der Waals surface area (Å²) in [6.45, 7) is 4.08. The Morgan fingerprint density at radius 1 is 1.20 bits per heavy atom.